The van der Waals surface area contributed by atoms with Gasteiger partial charge in [0.15, 0.2) is 5.66 Å². The third kappa shape index (κ3) is 2.43. The van der Waals surface area contributed by atoms with Gasteiger partial charge in [-0.25, -0.2) is 13.6 Å². The van der Waals surface area contributed by atoms with Crippen molar-refractivity contribution in [3.8, 4) is 0 Å². The lowest BCUT2D eigenvalue weighted by atomic mass is 9.96. The van der Waals surface area contributed by atoms with Gasteiger partial charge in [0.25, 0.3) is 0 Å². The molecule has 7 heteroatoms. The van der Waals surface area contributed by atoms with Crippen molar-refractivity contribution in [3.05, 3.63) is 59.2 Å². The van der Waals surface area contributed by atoms with Crippen LogP contribution in [0.15, 0.2) is 53.6 Å². The van der Waals surface area contributed by atoms with Gasteiger partial charge in [-0.1, -0.05) is 30.3 Å². The van der Waals surface area contributed by atoms with Crippen LogP contribution in [0, 0.1) is 0 Å². The predicted molar refractivity (Wildman–Crippen MR) is 71.2 cm³/mol. The lowest BCUT2D eigenvalue weighted by Crippen LogP contribution is -2.62. The van der Waals surface area contributed by atoms with Crippen LogP contribution in [0.1, 0.15) is 10.4 Å². The molecule has 1 atom stereocenters. The molecule has 1 aliphatic heterocycles. The van der Waals surface area contributed by atoms with E-state index in [1.54, 1.807) is 30.3 Å². The van der Waals surface area contributed by atoms with Crippen molar-refractivity contribution in [2.24, 2.45) is 10.9 Å². The first-order valence-electron chi connectivity index (χ1n) is 5.42. The van der Waals surface area contributed by atoms with Crippen LogP contribution < -0.4 is 16.2 Å². The van der Waals surface area contributed by atoms with Gasteiger partial charge in [-0.2, -0.15) is 0 Å². The second-order valence-corrected chi connectivity index (χ2v) is 5.61. The molecular weight excluding hydrogens is 266 g/mol. The molecule has 1 unspecified atom stereocenters. The molecule has 1 heterocycles. The second kappa shape index (κ2) is 4.61. The van der Waals surface area contributed by atoms with E-state index in [1.807, 2.05) is 0 Å². The number of Topliss-reactive ketones (excluding diaryl/α,β-unsaturated/α-hetero) is 1. The van der Waals surface area contributed by atoms with Gasteiger partial charge in [0.05, 0.1) is 0 Å². The largest absolute Gasteiger partial charge is 0.363 e. The van der Waals surface area contributed by atoms with Gasteiger partial charge < -0.3 is 5.32 Å². The Kier molecular flexibility index (Phi) is 3.27. The molecule has 0 radical (unpaired) electrons. The van der Waals surface area contributed by atoms with E-state index in [9.17, 15) is 13.2 Å². The number of ketones is 1. The number of carbonyl (C=O) groups excluding carboxylic acids is 1. The Morgan fingerprint density at radius 3 is 2.42 bits per heavy atom. The number of primary sulfonamides is 1. The quantitative estimate of drug-likeness (QED) is 0.663. The van der Waals surface area contributed by atoms with Gasteiger partial charge in [0, 0.05) is 5.56 Å². The number of benzene rings is 1. The predicted octanol–water partition coefficient (Wildman–Crippen LogP) is -0.186. The van der Waals surface area contributed by atoms with E-state index < -0.39 is 21.5 Å². The summed E-state index contributed by atoms with van der Waals surface area (Å²) in [6.45, 7) is 0. The van der Waals surface area contributed by atoms with E-state index in [2.05, 4.69) is 5.32 Å². The van der Waals surface area contributed by atoms with Crippen molar-refractivity contribution in [3.63, 3.8) is 0 Å². The topological polar surface area (TPSA) is 115 Å². The fourth-order valence-electron chi connectivity index (χ4n) is 1.83. The number of carbonyl (C=O) groups is 1. The zero-order valence-electron chi connectivity index (χ0n) is 9.91. The molecule has 1 aromatic carbocycles. The molecule has 0 aliphatic carbocycles. The Labute approximate surface area is 110 Å². The van der Waals surface area contributed by atoms with Crippen LogP contribution in [0.2, 0.25) is 0 Å². The molecule has 0 bridgehead atoms. The van der Waals surface area contributed by atoms with Crippen LogP contribution >= 0.6 is 0 Å². The molecule has 100 valence electrons. The van der Waals surface area contributed by atoms with Gasteiger partial charge in [0.1, 0.15) is 4.91 Å². The number of allylic oxidation sites excluding steroid dienone is 2. The minimum absolute atomic E-state index is 0.294. The average molecular weight is 279 g/mol. The molecule has 0 fully saturated rings. The number of nitrogens with two attached hydrogens (primary N) is 2. The Morgan fingerprint density at radius 1 is 1.21 bits per heavy atom. The highest BCUT2D eigenvalue weighted by atomic mass is 32.2. The molecule has 0 saturated heterocycles. The fourth-order valence-corrected chi connectivity index (χ4v) is 2.70. The maximum atomic E-state index is 12.4. The molecular formula is C12H13N3O3S. The lowest BCUT2D eigenvalue weighted by Gasteiger charge is -2.31. The molecule has 0 aromatic heterocycles. The molecule has 0 spiro atoms. The maximum Gasteiger partial charge on any atom is 0.238 e. The standard InChI is InChI=1S/C12H13N3O3S/c13-12(11(16)9-5-2-1-3-6-9)10(19(14,17)18)7-4-8-15-12/h1-8,15H,13H2,(H2,14,17,18). The molecule has 0 saturated carbocycles. The molecule has 0 amide bonds. The van der Waals surface area contributed by atoms with E-state index in [-0.39, 0.29) is 4.91 Å². The third-order valence-corrected chi connectivity index (χ3v) is 3.82. The van der Waals surface area contributed by atoms with Crippen molar-refractivity contribution in [1.82, 2.24) is 5.32 Å². The van der Waals surface area contributed by atoms with Crippen molar-refractivity contribution < 1.29 is 13.2 Å². The number of nitrogens with one attached hydrogen (secondary N) is 1. The molecule has 2 rings (SSSR count). The van der Waals surface area contributed by atoms with Crippen molar-refractivity contribution in [2.45, 2.75) is 5.66 Å². The zero-order valence-corrected chi connectivity index (χ0v) is 10.7. The Bertz CT molecular complexity index is 665. The van der Waals surface area contributed by atoms with E-state index in [0.29, 0.717) is 5.56 Å². The van der Waals surface area contributed by atoms with Crippen LogP contribution in [-0.2, 0) is 10.0 Å². The van der Waals surface area contributed by atoms with Crippen molar-refractivity contribution in [2.75, 3.05) is 0 Å². The molecule has 5 N–H and O–H groups in total. The summed E-state index contributed by atoms with van der Waals surface area (Å²) in [4.78, 5) is 12.0. The summed E-state index contributed by atoms with van der Waals surface area (Å²) in [5.74, 6) is -0.572. The third-order valence-electron chi connectivity index (χ3n) is 2.74. The molecule has 6 nitrogen and oxygen atoms in total. The van der Waals surface area contributed by atoms with E-state index >= 15 is 0 Å². The molecule has 1 aromatic rings. The Morgan fingerprint density at radius 2 is 1.84 bits per heavy atom. The van der Waals surface area contributed by atoms with Crippen LogP contribution in [0.3, 0.4) is 0 Å². The van der Waals surface area contributed by atoms with Gasteiger partial charge in [-0.3, -0.25) is 10.5 Å². The van der Waals surface area contributed by atoms with E-state index in [1.165, 1.54) is 18.4 Å². The van der Waals surface area contributed by atoms with Crippen molar-refractivity contribution >= 4 is 15.8 Å². The number of sulfonamides is 1. The monoisotopic (exact) mass is 279 g/mol. The SMILES string of the molecule is NC1(C(=O)c2ccccc2)NC=CC=C1S(N)(=O)=O. The summed E-state index contributed by atoms with van der Waals surface area (Å²) in [6.07, 6.45) is 4.03. The number of dihydropyridines is 1. The summed E-state index contributed by atoms with van der Waals surface area (Å²) >= 11 is 0. The lowest BCUT2D eigenvalue weighted by molar-refractivity contribution is 0.0902. The van der Waals surface area contributed by atoms with Crippen molar-refractivity contribution in [1.29, 1.82) is 0 Å². The summed E-state index contributed by atoms with van der Waals surface area (Å²) in [5, 5.41) is 7.67. The average Bonchev–Trinajstić information content (AvgIpc) is 2.38. The summed E-state index contributed by atoms with van der Waals surface area (Å²) in [5.41, 5.74) is 4.33. The van der Waals surface area contributed by atoms with Gasteiger partial charge in [0.2, 0.25) is 15.8 Å². The highest BCUT2D eigenvalue weighted by molar-refractivity contribution is 7.93. The summed E-state index contributed by atoms with van der Waals surface area (Å²) < 4.78 is 23.1. The molecule has 1 aliphatic rings. The number of hydrogen-bond acceptors (Lipinski definition) is 5. The highest BCUT2D eigenvalue weighted by Gasteiger charge is 2.43. The second-order valence-electron chi connectivity index (χ2n) is 4.08. The van der Waals surface area contributed by atoms with Crippen LogP contribution in [0.4, 0.5) is 0 Å². The smallest absolute Gasteiger partial charge is 0.238 e. The summed E-state index contributed by atoms with van der Waals surface area (Å²) in [6, 6.07) is 8.17. The minimum Gasteiger partial charge on any atom is -0.363 e. The van der Waals surface area contributed by atoms with Crippen LogP contribution in [0.25, 0.3) is 0 Å². The maximum absolute atomic E-state index is 12.4. The first-order chi connectivity index (χ1) is 8.86. The minimum atomic E-state index is -4.08. The van der Waals surface area contributed by atoms with E-state index in [0.717, 1.165) is 0 Å². The Balaban J connectivity index is 2.51. The number of hydrogen-bond donors (Lipinski definition) is 3. The highest BCUT2D eigenvalue weighted by Crippen LogP contribution is 2.23. The van der Waals surface area contributed by atoms with Gasteiger partial charge >= 0.3 is 0 Å². The fraction of sp³-hybridized carbons (Fsp3) is 0.0833. The Hall–Kier alpha value is -1.96. The molecule has 19 heavy (non-hydrogen) atoms. The van der Waals surface area contributed by atoms with Crippen LogP contribution in [0.5, 0.6) is 0 Å². The first kappa shape index (κ1) is 13.5. The van der Waals surface area contributed by atoms with Crippen LogP contribution in [-0.4, -0.2) is 19.9 Å². The van der Waals surface area contributed by atoms with E-state index in [4.69, 9.17) is 10.9 Å². The first-order valence-corrected chi connectivity index (χ1v) is 6.97. The van der Waals surface area contributed by atoms with Gasteiger partial charge in [-0.15, -0.1) is 0 Å². The number of rotatable bonds is 3. The normalized spacial score (nSPS) is 22.5. The van der Waals surface area contributed by atoms with Gasteiger partial charge in [-0.05, 0) is 18.4 Å². The summed E-state index contributed by atoms with van der Waals surface area (Å²) in [7, 11) is -4.08. The zero-order chi connectivity index (χ0) is 14.1.